The number of nitrogens with one attached hydrogen (secondary N) is 1. The molecule has 1 aromatic heterocycles. The number of aromatic amines is 1. The number of rotatable bonds is 13. The van der Waals surface area contributed by atoms with E-state index in [1.54, 1.807) is 0 Å². The molecule has 25 heavy (non-hydrogen) atoms. The lowest BCUT2D eigenvalue weighted by Gasteiger charge is -2.25. The van der Waals surface area contributed by atoms with Gasteiger partial charge in [-0.15, -0.1) is 0 Å². The van der Waals surface area contributed by atoms with E-state index in [4.69, 9.17) is 0 Å². The Balaban J connectivity index is 1.81. The van der Waals surface area contributed by atoms with E-state index in [1.165, 1.54) is 68.1 Å². The number of fused-ring (bicyclic) bond motifs is 1. The van der Waals surface area contributed by atoms with Crippen molar-refractivity contribution in [1.29, 1.82) is 0 Å². The molecule has 0 aliphatic heterocycles. The first kappa shape index (κ1) is 19.8. The summed E-state index contributed by atoms with van der Waals surface area (Å²) >= 11 is 0. The highest BCUT2D eigenvalue weighted by atomic mass is 15.2. The van der Waals surface area contributed by atoms with E-state index in [1.807, 2.05) is 0 Å². The van der Waals surface area contributed by atoms with Crippen molar-refractivity contribution in [2.24, 2.45) is 0 Å². The molecular formula is C22H37N3. The molecule has 0 bridgehead atoms. The molecule has 3 nitrogen and oxygen atoms in total. The predicted octanol–water partition coefficient (Wildman–Crippen LogP) is 5.68. The Hall–Kier alpha value is -1.48. The highest BCUT2D eigenvalue weighted by Gasteiger charge is 2.10. The van der Waals surface area contributed by atoms with Crippen molar-refractivity contribution in [2.75, 3.05) is 38.6 Å². The molecule has 0 aliphatic carbocycles. The minimum Gasteiger partial charge on any atom is -0.357 e. The molecule has 0 saturated carbocycles. The van der Waals surface area contributed by atoms with E-state index in [9.17, 15) is 0 Å². The summed E-state index contributed by atoms with van der Waals surface area (Å²) in [6.07, 6.45) is 11.0. The summed E-state index contributed by atoms with van der Waals surface area (Å²) in [5.41, 5.74) is 1.24. The number of H-pyrrole nitrogens is 1. The molecular weight excluding hydrogens is 306 g/mol. The van der Waals surface area contributed by atoms with Crippen LogP contribution in [0.3, 0.4) is 0 Å². The van der Waals surface area contributed by atoms with Crippen LogP contribution in [0.25, 0.3) is 10.9 Å². The van der Waals surface area contributed by atoms with Gasteiger partial charge in [-0.2, -0.15) is 0 Å². The van der Waals surface area contributed by atoms with Crippen LogP contribution in [0.1, 0.15) is 58.3 Å². The summed E-state index contributed by atoms with van der Waals surface area (Å²) < 4.78 is 0. The van der Waals surface area contributed by atoms with Gasteiger partial charge < -0.3 is 14.8 Å². The third kappa shape index (κ3) is 7.11. The maximum atomic E-state index is 3.60. The summed E-state index contributed by atoms with van der Waals surface area (Å²) in [6, 6.07) is 10.9. The van der Waals surface area contributed by atoms with Gasteiger partial charge in [0.15, 0.2) is 0 Å². The SMILES string of the molecule is CCCCCCCCCCN(CCN(C)C)c1cc2ccccc2[nH]1. The first-order chi connectivity index (χ1) is 12.2. The van der Waals surface area contributed by atoms with E-state index in [0.717, 1.165) is 19.6 Å². The topological polar surface area (TPSA) is 22.3 Å². The number of anilines is 1. The number of hydrogen-bond acceptors (Lipinski definition) is 2. The lowest BCUT2D eigenvalue weighted by atomic mass is 10.1. The summed E-state index contributed by atoms with van der Waals surface area (Å²) in [7, 11) is 4.30. The van der Waals surface area contributed by atoms with Gasteiger partial charge in [-0.1, -0.05) is 70.1 Å². The second kappa shape index (κ2) is 11.2. The Labute approximate surface area is 154 Å². The van der Waals surface area contributed by atoms with Crippen LogP contribution in [0.2, 0.25) is 0 Å². The number of unbranched alkanes of at least 4 members (excludes halogenated alkanes) is 7. The maximum Gasteiger partial charge on any atom is 0.106 e. The molecule has 2 aromatic rings. The van der Waals surface area contributed by atoms with Crippen LogP contribution in [0.5, 0.6) is 0 Å². The minimum atomic E-state index is 1.08. The number of nitrogens with zero attached hydrogens (tertiary/aromatic N) is 2. The predicted molar refractivity (Wildman–Crippen MR) is 112 cm³/mol. The van der Waals surface area contributed by atoms with Gasteiger partial charge in [0.05, 0.1) is 0 Å². The van der Waals surface area contributed by atoms with E-state index < -0.39 is 0 Å². The van der Waals surface area contributed by atoms with Gasteiger partial charge in [0, 0.05) is 30.5 Å². The Morgan fingerprint density at radius 2 is 1.48 bits per heavy atom. The third-order valence-corrected chi connectivity index (χ3v) is 4.96. The molecule has 1 heterocycles. The monoisotopic (exact) mass is 343 g/mol. The van der Waals surface area contributed by atoms with Gasteiger partial charge in [0.2, 0.25) is 0 Å². The zero-order valence-corrected chi connectivity index (χ0v) is 16.6. The zero-order chi connectivity index (χ0) is 17.9. The first-order valence-corrected chi connectivity index (χ1v) is 10.2. The van der Waals surface area contributed by atoms with Crippen molar-refractivity contribution in [3.8, 4) is 0 Å². The fourth-order valence-corrected chi connectivity index (χ4v) is 3.34. The average molecular weight is 344 g/mol. The third-order valence-electron chi connectivity index (χ3n) is 4.96. The number of hydrogen-bond donors (Lipinski definition) is 1. The smallest absolute Gasteiger partial charge is 0.106 e. The maximum absolute atomic E-state index is 3.60. The molecule has 140 valence electrons. The second-order valence-corrected chi connectivity index (χ2v) is 7.51. The number of aromatic nitrogens is 1. The van der Waals surface area contributed by atoms with Crippen LogP contribution in [0, 0.1) is 0 Å². The Morgan fingerprint density at radius 1 is 0.800 bits per heavy atom. The largest absolute Gasteiger partial charge is 0.357 e. The van der Waals surface area contributed by atoms with Gasteiger partial charge in [0.25, 0.3) is 0 Å². The van der Waals surface area contributed by atoms with Crippen molar-refractivity contribution < 1.29 is 0 Å². The molecule has 0 saturated heterocycles. The molecule has 0 atom stereocenters. The van der Waals surface area contributed by atoms with E-state index >= 15 is 0 Å². The number of likely N-dealkylation sites (N-methyl/N-ethyl adjacent to an activating group) is 1. The molecule has 1 aromatic carbocycles. The van der Waals surface area contributed by atoms with Gasteiger partial charge in [-0.25, -0.2) is 0 Å². The molecule has 2 rings (SSSR count). The molecule has 0 aliphatic rings. The molecule has 0 fully saturated rings. The van der Waals surface area contributed by atoms with Crippen molar-refractivity contribution in [2.45, 2.75) is 58.3 Å². The van der Waals surface area contributed by atoms with Crippen molar-refractivity contribution in [3.05, 3.63) is 30.3 Å². The first-order valence-electron chi connectivity index (χ1n) is 10.2. The standard InChI is InChI=1S/C22H37N3/c1-4-5-6-7-8-9-10-13-16-25(18-17-24(2)3)22-19-20-14-11-12-15-21(20)23-22/h11-12,14-15,19,23H,4-10,13,16-18H2,1-3H3. The molecule has 0 amide bonds. The number of para-hydroxylation sites is 1. The zero-order valence-electron chi connectivity index (χ0n) is 16.6. The second-order valence-electron chi connectivity index (χ2n) is 7.51. The van der Waals surface area contributed by atoms with E-state index in [0.29, 0.717) is 0 Å². The fourth-order valence-electron chi connectivity index (χ4n) is 3.34. The summed E-state index contributed by atoms with van der Waals surface area (Å²) in [5.74, 6) is 1.27. The summed E-state index contributed by atoms with van der Waals surface area (Å²) in [6.45, 7) is 5.60. The quantitative estimate of drug-likeness (QED) is 0.473. The van der Waals surface area contributed by atoms with Crippen molar-refractivity contribution in [1.82, 2.24) is 9.88 Å². The molecule has 1 N–H and O–H groups in total. The average Bonchev–Trinajstić information content (AvgIpc) is 3.03. The Kier molecular flexibility index (Phi) is 8.89. The Morgan fingerprint density at radius 3 is 2.16 bits per heavy atom. The van der Waals surface area contributed by atoms with Gasteiger partial charge in [0.1, 0.15) is 5.82 Å². The van der Waals surface area contributed by atoms with Crippen LogP contribution in [-0.2, 0) is 0 Å². The lowest BCUT2D eigenvalue weighted by molar-refractivity contribution is 0.411. The summed E-state index contributed by atoms with van der Waals surface area (Å²) in [4.78, 5) is 8.39. The van der Waals surface area contributed by atoms with Crippen LogP contribution in [0.4, 0.5) is 5.82 Å². The van der Waals surface area contributed by atoms with Crippen LogP contribution in [-0.4, -0.2) is 43.6 Å². The highest BCUT2D eigenvalue weighted by molar-refractivity contribution is 5.83. The van der Waals surface area contributed by atoms with Gasteiger partial charge in [-0.3, -0.25) is 0 Å². The lowest BCUT2D eigenvalue weighted by Crippen LogP contribution is -2.32. The Bertz CT molecular complexity index is 555. The van der Waals surface area contributed by atoms with Gasteiger partial charge in [-0.05, 0) is 32.6 Å². The van der Waals surface area contributed by atoms with Crippen LogP contribution in [0.15, 0.2) is 30.3 Å². The number of benzene rings is 1. The van der Waals surface area contributed by atoms with Crippen molar-refractivity contribution >= 4 is 16.7 Å². The molecule has 0 radical (unpaired) electrons. The summed E-state index contributed by atoms with van der Waals surface area (Å²) in [5, 5.41) is 1.31. The highest BCUT2D eigenvalue weighted by Crippen LogP contribution is 2.22. The minimum absolute atomic E-state index is 1.08. The van der Waals surface area contributed by atoms with Crippen LogP contribution < -0.4 is 4.90 Å². The molecule has 3 heteroatoms. The fraction of sp³-hybridized carbons (Fsp3) is 0.636. The van der Waals surface area contributed by atoms with Gasteiger partial charge >= 0.3 is 0 Å². The van der Waals surface area contributed by atoms with E-state index in [-0.39, 0.29) is 0 Å². The molecule has 0 unspecified atom stereocenters. The normalized spacial score (nSPS) is 11.5. The van der Waals surface area contributed by atoms with Crippen molar-refractivity contribution in [3.63, 3.8) is 0 Å². The van der Waals surface area contributed by atoms with Crippen LogP contribution >= 0.6 is 0 Å². The molecule has 0 spiro atoms. The van der Waals surface area contributed by atoms with E-state index in [2.05, 4.69) is 66.1 Å².